The Bertz CT molecular complexity index is 1090. The van der Waals surface area contributed by atoms with Crippen LogP contribution < -0.4 is 15.3 Å². The largest absolute Gasteiger partial charge is 3.00 e. The van der Waals surface area contributed by atoms with Gasteiger partial charge in [-0.1, -0.05) is 329 Å². The Labute approximate surface area is 481 Å². The van der Waals surface area contributed by atoms with Crippen molar-refractivity contribution in [2.75, 3.05) is 0 Å². The van der Waals surface area contributed by atoms with Crippen LogP contribution >= 0.6 is 0 Å². The van der Waals surface area contributed by atoms with Gasteiger partial charge in [-0.05, 0) is 40.0 Å². The summed E-state index contributed by atoms with van der Waals surface area (Å²) in [5.41, 5.74) is 0. The first kappa shape index (κ1) is 80.4. The number of Topliss-reactive ketones (excluding diaryl/α,β-unsaturated/α-hetero) is 3. The molecule has 0 saturated carbocycles. The molecule has 0 spiro atoms. The van der Waals surface area contributed by atoms with Crippen molar-refractivity contribution >= 4 is 52.6 Å². The number of rotatable bonds is 57. The van der Waals surface area contributed by atoms with Gasteiger partial charge in [-0.2, -0.15) is 0 Å². The maximum Gasteiger partial charge on any atom is 3.00 e. The molecule has 0 heterocycles. The van der Waals surface area contributed by atoms with Gasteiger partial charge in [-0.25, -0.2) is 0 Å². The topological polar surface area (TPSA) is 172 Å². The van der Waals surface area contributed by atoms with Gasteiger partial charge in [0, 0.05) is 0 Å². The van der Waals surface area contributed by atoms with E-state index in [0.717, 1.165) is 57.8 Å². The molecule has 0 aromatic carbocycles. The van der Waals surface area contributed by atoms with Crippen LogP contribution in [0.15, 0.2) is 0 Å². The van der Waals surface area contributed by atoms with Crippen LogP contribution in [0.5, 0.6) is 0 Å². The third-order valence-corrected chi connectivity index (χ3v) is 15.4. The zero-order valence-electron chi connectivity index (χ0n) is 51.0. The first-order chi connectivity index (χ1) is 36.3. The standard InChI is InChI=1S/3C22H42O3.Al/c3*1-3-4-5-6-7-8-9-10-11-12-13-14-15-16-17-18-19-21(20(2)23)22(24)25;/h3*21H,3-19H2,1-2H3,(H,24,25);/q;;;+3/p-3. The van der Waals surface area contributed by atoms with Crippen LogP contribution in [0.1, 0.15) is 369 Å². The maximum absolute atomic E-state index is 11.2. The summed E-state index contributed by atoms with van der Waals surface area (Å²) in [4.78, 5) is 65.9. The molecule has 0 aromatic rings. The molecule has 0 amide bonds. The molecule has 9 nitrogen and oxygen atoms in total. The first-order valence-electron chi connectivity index (χ1n) is 32.4. The smallest absolute Gasteiger partial charge is 0.549 e. The van der Waals surface area contributed by atoms with Gasteiger partial charge in [0.1, 0.15) is 17.3 Å². The van der Waals surface area contributed by atoms with E-state index in [-0.39, 0.29) is 34.7 Å². The number of aliphatic carboxylic acids is 3. The Morgan fingerprint density at radius 2 is 0.329 bits per heavy atom. The molecule has 0 rings (SSSR count). The van der Waals surface area contributed by atoms with Gasteiger partial charge in [0.2, 0.25) is 0 Å². The van der Waals surface area contributed by atoms with Crippen LogP contribution in [0.2, 0.25) is 0 Å². The molecule has 0 radical (unpaired) electrons. The summed E-state index contributed by atoms with van der Waals surface area (Å²) in [6.07, 6.45) is 63.6. The van der Waals surface area contributed by atoms with E-state index in [1.165, 1.54) is 271 Å². The molecule has 0 N–H and O–H groups in total. The van der Waals surface area contributed by atoms with Crippen molar-refractivity contribution in [1.29, 1.82) is 0 Å². The van der Waals surface area contributed by atoms with Crippen LogP contribution in [0, 0.1) is 17.8 Å². The molecular formula is C66H123AlO9. The fourth-order valence-electron chi connectivity index (χ4n) is 10.2. The average molecular weight is 1090 g/mol. The number of carboxylic acid groups (broad SMARTS) is 3. The van der Waals surface area contributed by atoms with E-state index in [1.807, 2.05) is 0 Å². The molecule has 0 fully saturated rings. The predicted molar refractivity (Wildman–Crippen MR) is 316 cm³/mol. The van der Waals surface area contributed by atoms with Crippen molar-refractivity contribution in [3.05, 3.63) is 0 Å². The maximum atomic E-state index is 11.2. The van der Waals surface area contributed by atoms with E-state index in [4.69, 9.17) is 0 Å². The third kappa shape index (κ3) is 62.8. The normalized spacial score (nSPS) is 12.1. The fourth-order valence-corrected chi connectivity index (χ4v) is 10.2. The van der Waals surface area contributed by atoms with Gasteiger partial charge < -0.3 is 29.7 Å². The van der Waals surface area contributed by atoms with Crippen LogP contribution in [0.3, 0.4) is 0 Å². The molecule has 0 aliphatic rings. The van der Waals surface area contributed by atoms with Gasteiger partial charge >= 0.3 is 17.4 Å². The molecular weight excluding hydrogens is 964 g/mol. The Morgan fingerprint density at radius 3 is 0.421 bits per heavy atom. The second kappa shape index (κ2) is 65.5. The van der Waals surface area contributed by atoms with Gasteiger partial charge in [-0.15, -0.1) is 0 Å². The van der Waals surface area contributed by atoms with E-state index in [2.05, 4.69) is 20.8 Å². The summed E-state index contributed by atoms with van der Waals surface area (Å²) in [5.74, 6) is -7.16. The number of ketones is 3. The summed E-state index contributed by atoms with van der Waals surface area (Å²) in [6.45, 7) is 10.8. The summed E-state index contributed by atoms with van der Waals surface area (Å²) >= 11 is 0. The molecule has 0 saturated heterocycles. The fraction of sp³-hybridized carbons (Fsp3) is 0.909. The number of carbonyl (C=O) groups is 6. The Morgan fingerprint density at radius 1 is 0.224 bits per heavy atom. The molecule has 0 aromatic heterocycles. The molecule has 76 heavy (non-hydrogen) atoms. The van der Waals surface area contributed by atoms with Crippen LogP contribution in [0.25, 0.3) is 0 Å². The molecule has 0 aliphatic heterocycles. The number of hydrogen-bond donors (Lipinski definition) is 0. The SMILES string of the molecule is CCCCCCCCCCCCCCCCCCC(C(C)=O)C(=O)[O-].CCCCCCCCCCCCCCCCCCC(C(C)=O)C(=O)[O-].CCCCCCCCCCCCCCCCCCC(C(C)=O)C(=O)[O-].[Al+3]. The van der Waals surface area contributed by atoms with Crippen molar-refractivity contribution in [2.45, 2.75) is 369 Å². The van der Waals surface area contributed by atoms with Crippen molar-refractivity contribution < 1.29 is 44.1 Å². The molecule has 0 bridgehead atoms. The minimum atomic E-state index is -1.21. The van der Waals surface area contributed by atoms with E-state index in [1.54, 1.807) is 0 Å². The summed E-state index contributed by atoms with van der Waals surface area (Å²) in [6, 6.07) is 0. The Hall–Kier alpha value is -2.05. The number of unbranched alkanes of at least 4 members (excludes halogenated alkanes) is 45. The molecule has 10 heteroatoms. The van der Waals surface area contributed by atoms with Crippen molar-refractivity contribution in [3.8, 4) is 0 Å². The predicted octanol–water partition coefficient (Wildman–Crippen LogP) is 16.4. The molecule has 3 unspecified atom stereocenters. The first-order valence-corrected chi connectivity index (χ1v) is 32.4. The van der Waals surface area contributed by atoms with E-state index in [0.29, 0.717) is 19.3 Å². The number of carbonyl (C=O) groups excluding carboxylic acids is 6. The molecule has 0 aliphatic carbocycles. The van der Waals surface area contributed by atoms with E-state index >= 15 is 0 Å². The van der Waals surface area contributed by atoms with Crippen LogP contribution in [-0.2, 0) is 28.8 Å². The molecule has 444 valence electrons. The quantitative estimate of drug-likeness (QED) is 0.0326. The second-order valence-electron chi connectivity index (χ2n) is 22.7. The van der Waals surface area contributed by atoms with Crippen molar-refractivity contribution in [3.63, 3.8) is 0 Å². The zero-order chi connectivity index (χ0) is 56.3. The van der Waals surface area contributed by atoms with E-state index < -0.39 is 35.7 Å². The summed E-state index contributed by atoms with van der Waals surface area (Å²) < 4.78 is 0. The molecule has 3 atom stereocenters. The third-order valence-electron chi connectivity index (χ3n) is 15.4. The number of carboxylic acids is 3. The second-order valence-corrected chi connectivity index (χ2v) is 22.7. The number of hydrogen-bond acceptors (Lipinski definition) is 9. The van der Waals surface area contributed by atoms with Crippen LogP contribution in [0.4, 0.5) is 0 Å². The van der Waals surface area contributed by atoms with Crippen molar-refractivity contribution in [2.24, 2.45) is 17.8 Å². The minimum Gasteiger partial charge on any atom is -0.549 e. The summed E-state index contributed by atoms with van der Waals surface area (Å²) in [7, 11) is 0. The van der Waals surface area contributed by atoms with E-state index in [9.17, 15) is 44.1 Å². The van der Waals surface area contributed by atoms with Gasteiger partial charge in [-0.3, -0.25) is 14.4 Å². The van der Waals surface area contributed by atoms with Crippen molar-refractivity contribution in [1.82, 2.24) is 0 Å². The minimum absolute atomic E-state index is 0. The zero-order valence-corrected chi connectivity index (χ0v) is 52.2. The van der Waals surface area contributed by atoms with Crippen LogP contribution in [-0.4, -0.2) is 52.6 Å². The average Bonchev–Trinajstić information content (AvgIpc) is 3.36. The Kier molecular flexibility index (Phi) is 69.3. The van der Waals surface area contributed by atoms with Gasteiger partial charge in [0.15, 0.2) is 0 Å². The Balaban J connectivity index is -0.000000508. The monoisotopic (exact) mass is 1090 g/mol. The van der Waals surface area contributed by atoms with Gasteiger partial charge in [0.25, 0.3) is 0 Å². The van der Waals surface area contributed by atoms with Gasteiger partial charge in [0.05, 0.1) is 35.7 Å². The summed E-state index contributed by atoms with van der Waals surface area (Å²) in [5, 5.41) is 32.4.